The van der Waals surface area contributed by atoms with Gasteiger partial charge in [0.05, 0.1) is 15.6 Å². The molecule has 0 radical (unpaired) electrons. The summed E-state index contributed by atoms with van der Waals surface area (Å²) < 4.78 is 0. The van der Waals surface area contributed by atoms with Gasteiger partial charge in [-0.25, -0.2) is 0 Å². The van der Waals surface area contributed by atoms with Crippen LogP contribution in [0, 0.1) is 0 Å². The molecular weight excluding hydrogens is 413 g/mol. The molecule has 154 valence electrons. The number of hydrogen-bond acceptors (Lipinski definition) is 3. The topological polar surface area (TPSA) is 87.3 Å². The summed E-state index contributed by atoms with van der Waals surface area (Å²) in [4.78, 5) is 36.4. The maximum absolute atomic E-state index is 12.3. The van der Waals surface area contributed by atoms with Crippen LogP contribution in [-0.4, -0.2) is 23.8 Å². The van der Waals surface area contributed by atoms with E-state index >= 15 is 0 Å². The smallest absolute Gasteiger partial charge is 0.253 e. The largest absolute Gasteiger partial charge is 0.350 e. The highest BCUT2D eigenvalue weighted by molar-refractivity contribution is 6.43. The van der Waals surface area contributed by atoms with Crippen LogP contribution in [0.15, 0.2) is 42.5 Å². The summed E-state index contributed by atoms with van der Waals surface area (Å²) in [6, 6.07) is 11.2. The zero-order chi connectivity index (χ0) is 21.4. The molecule has 0 heterocycles. The number of carbonyl (C=O) groups is 3. The van der Waals surface area contributed by atoms with E-state index in [4.69, 9.17) is 23.2 Å². The Morgan fingerprint density at radius 2 is 1.79 bits per heavy atom. The van der Waals surface area contributed by atoms with Crippen molar-refractivity contribution >= 4 is 46.6 Å². The molecule has 0 aliphatic heterocycles. The average Bonchev–Trinajstić information content (AvgIpc) is 2.68. The third kappa shape index (κ3) is 6.76. The van der Waals surface area contributed by atoms with Crippen LogP contribution in [0.2, 0.25) is 10.0 Å². The minimum Gasteiger partial charge on any atom is -0.350 e. The molecule has 0 aromatic heterocycles. The van der Waals surface area contributed by atoms with Crippen LogP contribution in [0.4, 0.5) is 5.69 Å². The molecule has 1 atom stereocenters. The first-order valence-corrected chi connectivity index (χ1v) is 9.98. The van der Waals surface area contributed by atoms with E-state index in [1.807, 2.05) is 13.0 Å². The lowest BCUT2D eigenvalue weighted by Crippen LogP contribution is -2.44. The van der Waals surface area contributed by atoms with Gasteiger partial charge in [-0.05, 0) is 43.2 Å². The minimum absolute atomic E-state index is 0.0512. The molecule has 0 bridgehead atoms. The van der Waals surface area contributed by atoms with E-state index in [1.165, 1.54) is 6.07 Å². The van der Waals surface area contributed by atoms with Crippen LogP contribution >= 0.6 is 23.2 Å². The van der Waals surface area contributed by atoms with E-state index in [-0.39, 0.29) is 34.0 Å². The Morgan fingerprint density at radius 1 is 1.07 bits per heavy atom. The SMILES string of the molecule is CCCC(=O)Nc1cccc(CNC(=O)C(C)NC(=O)c2cccc(Cl)c2Cl)c1. The van der Waals surface area contributed by atoms with Gasteiger partial charge in [0, 0.05) is 18.7 Å². The minimum atomic E-state index is -0.773. The quantitative estimate of drug-likeness (QED) is 0.581. The van der Waals surface area contributed by atoms with Crippen LogP contribution in [0.5, 0.6) is 0 Å². The monoisotopic (exact) mass is 435 g/mol. The summed E-state index contributed by atoms with van der Waals surface area (Å²) in [7, 11) is 0. The van der Waals surface area contributed by atoms with Gasteiger partial charge in [0.1, 0.15) is 6.04 Å². The van der Waals surface area contributed by atoms with Crippen molar-refractivity contribution in [3.63, 3.8) is 0 Å². The Labute approximate surface area is 180 Å². The highest BCUT2D eigenvalue weighted by Crippen LogP contribution is 2.25. The maximum Gasteiger partial charge on any atom is 0.253 e. The maximum atomic E-state index is 12.3. The van der Waals surface area contributed by atoms with E-state index in [9.17, 15) is 14.4 Å². The van der Waals surface area contributed by atoms with E-state index in [2.05, 4.69) is 16.0 Å². The number of benzene rings is 2. The van der Waals surface area contributed by atoms with Gasteiger partial charge in [-0.15, -0.1) is 0 Å². The van der Waals surface area contributed by atoms with Gasteiger partial charge in [-0.3, -0.25) is 14.4 Å². The van der Waals surface area contributed by atoms with Crippen molar-refractivity contribution in [1.29, 1.82) is 0 Å². The third-order valence-electron chi connectivity index (χ3n) is 4.09. The van der Waals surface area contributed by atoms with Crippen LogP contribution in [-0.2, 0) is 16.1 Å². The van der Waals surface area contributed by atoms with Crippen LogP contribution < -0.4 is 16.0 Å². The number of nitrogens with one attached hydrogen (secondary N) is 3. The summed E-state index contributed by atoms with van der Waals surface area (Å²) in [5.41, 5.74) is 1.70. The molecule has 0 aliphatic carbocycles. The fourth-order valence-corrected chi connectivity index (χ4v) is 2.96. The number of carbonyl (C=O) groups excluding carboxylic acids is 3. The molecule has 0 fully saturated rings. The number of anilines is 1. The lowest BCUT2D eigenvalue weighted by atomic mass is 10.1. The van der Waals surface area contributed by atoms with Crippen molar-refractivity contribution in [2.75, 3.05) is 5.32 Å². The summed E-state index contributed by atoms with van der Waals surface area (Å²) in [5.74, 6) is -0.887. The van der Waals surface area contributed by atoms with Gasteiger partial charge in [-0.2, -0.15) is 0 Å². The van der Waals surface area contributed by atoms with Crippen molar-refractivity contribution in [3.8, 4) is 0 Å². The molecule has 0 spiro atoms. The fourth-order valence-electron chi connectivity index (χ4n) is 2.57. The highest BCUT2D eigenvalue weighted by atomic mass is 35.5. The van der Waals surface area contributed by atoms with E-state index < -0.39 is 11.9 Å². The summed E-state index contributed by atoms with van der Waals surface area (Å²) in [6.07, 6.45) is 1.22. The Kier molecular flexibility index (Phi) is 8.49. The first-order valence-electron chi connectivity index (χ1n) is 9.23. The first-order chi connectivity index (χ1) is 13.8. The van der Waals surface area contributed by atoms with Crippen molar-refractivity contribution in [2.45, 2.75) is 39.3 Å². The predicted octanol–water partition coefficient (Wildman–Crippen LogP) is 4.17. The van der Waals surface area contributed by atoms with Crippen molar-refractivity contribution in [1.82, 2.24) is 10.6 Å². The summed E-state index contributed by atoms with van der Waals surface area (Å²) in [5, 5.41) is 8.58. The molecular formula is C21H23Cl2N3O3. The Bertz CT molecular complexity index is 902. The second-order valence-electron chi connectivity index (χ2n) is 6.51. The average molecular weight is 436 g/mol. The number of hydrogen-bond donors (Lipinski definition) is 3. The normalized spacial score (nSPS) is 11.4. The van der Waals surface area contributed by atoms with Gasteiger partial charge in [0.15, 0.2) is 0 Å². The summed E-state index contributed by atoms with van der Waals surface area (Å²) in [6.45, 7) is 3.77. The van der Waals surface area contributed by atoms with Gasteiger partial charge >= 0.3 is 0 Å². The van der Waals surface area contributed by atoms with Gasteiger partial charge in [-0.1, -0.05) is 48.3 Å². The Hall–Kier alpha value is -2.57. The molecule has 1 unspecified atom stereocenters. The number of rotatable bonds is 8. The molecule has 8 heteroatoms. The Morgan fingerprint density at radius 3 is 2.52 bits per heavy atom. The molecule has 2 aromatic rings. The van der Waals surface area contributed by atoms with Crippen molar-refractivity contribution in [2.24, 2.45) is 0 Å². The lowest BCUT2D eigenvalue weighted by Gasteiger charge is -2.15. The standard InChI is InChI=1S/C21H23Cl2N3O3/c1-3-6-18(27)26-15-8-4-7-14(11-15)12-24-20(28)13(2)25-21(29)16-9-5-10-17(22)19(16)23/h4-5,7-11,13H,3,6,12H2,1-2H3,(H,24,28)(H,25,29)(H,26,27). The molecule has 0 saturated heterocycles. The molecule has 29 heavy (non-hydrogen) atoms. The van der Waals surface area contributed by atoms with Crippen LogP contribution in [0.3, 0.4) is 0 Å². The van der Waals surface area contributed by atoms with Gasteiger partial charge < -0.3 is 16.0 Å². The molecule has 0 saturated carbocycles. The van der Waals surface area contributed by atoms with E-state index in [0.717, 1.165) is 12.0 Å². The first kappa shape index (κ1) is 22.7. The molecule has 2 rings (SSSR count). The highest BCUT2D eigenvalue weighted by Gasteiger charge is 2.19. The van der Waals surface area contributed by atoms with Gasteiger partial charge in [0.25, 0.3) is 5.91 Å². The lowest BCUT2D eigenvalue weighted by molar-refractivity contribution is -0.122. The van der Waals surface area contributed by atoms with Crippen LogP contribution in [0.25, 0.3) is 0 Å². The van der Waals surface area contributed by atoms with Gasteiger partial charge in [0.2, 0.25) is 11.8 Å². The van der Waals surface area contributed by atoms with Crippen LogP contribution in [0.1, 0.15) is 42.6 Å². The second-order valence-corrected chi connectivity index (χ2v) is 7.30. The molecule has 6 nitrogen and oxygen atoms in total. The number of halogens is 2. The van der Waals surface area contributed by atoms with Crippen molar-refractivity contribution in [3.05, 3.63) is 63.6 Å². The fraction of sp³-hybridized carbons (Fsp3) is 0.286. The van der Waals surface area contributed by atoms with E-state index in [0.29, 0.717) is 12.1 Å². The third-order valence-corrected chi connectivity index (χ3v) is 4.91. The summed E-state index contributed by atoms with van der Waals surface area (Å²) >= 11 is 12.0. The molecule has 3 N–H and O–H groups in total. The Balaban J connectivity index is 1.91. The molecule has 2 aromatic carbocycles. The zero-order valence-electron chi connectivity index (χ0n) is 16.2. The number of amides is 3. The molecule has 0 aliphatic rings. The van der Waals surface area contributed by atoms with E-state index in [1.54, 1.807) is 37.3 Å². The second kappa shape index (κ2) is 10.8. The zero-order valence-corrected chi connectivity index (χ0v) is 17.7. The predicted molar refractivity (Wildman–Crippen MR) is 115 cm³/mol. The van der Waals surface area contributed by atoms with Crippen molar-refractivity contribution < 1.29 is 14.4 Å². The molecule has 3 amide bonds.